The van der Waals surface area contributed by atoms with E-state index in [-0.39, 0.29) is 58.6 Å². The average molecular weight is 660 g/mol. The van der Waals surface area contributed by atoms with Gasteiger partial charge in [0.15, 0.2) is 24.0 Å². The third kappa shape index (κ3) is 6.65. The molecule has 9 atom stereocenters. The first-order valence-corrected chi connectivity index (χ1v) is 15.5. The summed E-state index contributed by atoms with van der Waals surface area (Å²) in [7, 11) is 1.35. The van der Waals surface area contributed by atoms with Crippen LogP contribution in [0.2, 0.25) is 0 Å². The average Bonchev–Trinajstić information content (AvgIpc) is 3.00. The number of carboxylic acid groups (broad SMARTS) is 1. The fraction of sp³-hybridized carbons (Fsp3) is 0.545. The molecule has 2 aromatic rings. The number of benzene rings is 2. The van der Waals surface area contributed by atoms with E-state index in [0.29, 0.717) is 0 Å². The molecule has 0 spiro atoms. The van der Waals surface area contributed by atoms with Crippen LogP contribution in [-0.2, 0) is 30.2 Å². The van der Waals surface area contributed by atoms with Gasteiger partial charge in [-0.1, -0.05) is 12.1 Å². The standard InChI is InChI=1S/C33H41NO13/c1-14(36)8-23(44-15(2)13-35)47-31-16(3)45-24(10-20(31)34)46-22-12-33(42,32(40)41)11-17-9-19-27(29(38)25(17)22)30(39)26-18(28(19)37)6-5-7-21(26)43-4/h5-7,9,14-16,20,22-24,31,35-36,38,42H,8,10-13,34H2,1-4H3,(H,40,41)/t14?,15?,16-,20-,22-,23?,24-,31+,33-/m0/s1. The van der Waals surface area contributed by atoms with Gasteiger partial charge in [0.05, 0.1) is 49.3 Å². The number of aromatic hydroxyl groups is 1. The number of methoxy groups -OCH3 is 1. The second-order valence-electron chi connectivity index (χ2n) is 12.5. The highest BCUT2D eigenvalue weighted by molar-refractivity contribution is 6.30. The number of ketones is 2. The molecule has 2 aromatic carbocycles. The number of hydrogen-bond acceptors (Lipinski definition) is 13. The number of aliphatic carboxylic acids is 1. The molecule has 0 bridgehead atoms. The minimum absolute atomic E-state index is 0.00854. The number of aliphatic hydroxyl groups excluding tert-OH is 2. The van der Waals surface area contributed by atoms with E-state index in [4.69, 9.17) is 29.4 Å². The number of carbonyl (C=O) groups excluding carboxylic acids is 2. The molecule has 14 heteroatoms. The Labute approximate surface area is 270 Å². The van der Waals surface area contributed by atoms with Crippen molar-refractivity contribution in [1.82, 2.24) is 0 Å². The number of carboxylic acids is 1. The Bertz CT molecular complexity index is 1530. The predicted octanol–water partition coefficient (Wildman–Crippen LogP) is 1.34. The number of fused-ring (bicyclic) bond motifs is 3. The summed E-state index contributed by atoms with van der Waals surface area (Å²) in [5.74, 6) is -3.16. The third-order valence-electron chi connectivity index (χ3n) is 8.86. The van der Waals surface area contributed by atoms with Crippen molar-refractivity contribution in [1.29, 1.82) is 0 Å². The molecule has 0 amide bonds. The van der Waals surface area contributed by atoms with Crippen LogP contribution in [-0.4, -0.2) is 105 Å². The number of nitrogens with two attached hydrogens (primary N) is 1. The van der Waals surface area contributed by atoms with Crippen molar-refractivity contribution in [2.45, 2.75) is 101 Å². The monoisotopic (exact) mass is 659 g/mol. The molecular weight excluding hydrogens is 618 g/mol. The van der Waals surface area contributed by atoms with E-state index in [1.807, 2.05) is 0 Å². The molecule has 2 aliphatic carbocycles. The van der Waals surface area contributed by atoms with Gasteiger partial charge in [-0.15, -0.1) is 0 Å². The second-order valence-corrected chi connectivity index (χ2v) is 12.5. The van der Waals surface area contributed by atoms with Crippen LogP contribution in [0.5, 0.6) is 11.5 Å². The second kappa shape index (κ2) is 13.6. The van der Waals surface area contributed by atoms with E-state index >= 15 is 0 Å². The fourth-order valence-electron chi connectivity index (χ4n) is 6.58. The van der Waals surface area contributed by atoms with Gasteiger partial charge >= 0.3 is 5.97 Å². The van der Waals surface area contributed by atoms with Gasteiger partial charge in [-0.3, -0.25) is 9.59 Å². The zero-order valence-corrected chi connectivity index (χ0v) is 26.5. The molecule has 0 aromatic heterocycles. The fourth-order valence-corrected chi connectivity index (χ4v) is 6.58. The van der Waals surface area contributed by atoms with Crippen LogP contribution in [0.25, 0.3) is 0 Å². The lowest BCUT2D eigenvalue weighted by atomic mass is 9.73. The highest BCUT2D eigenvalue weighted by atomic mass is 16.7. The largest absolute Gasteiger partial charge is 0.507 e. The molecule has 1 fully saturated rings. The molecule has 7 N–H and O–H groups in total. The van der Waals surface area contributed by atoms with Gasteiger partial charge in [0.1, 0.15) is 17.6 Å². The maximum atomic E-state index is 13.8. The summed E-state index contributed by atoms with van der Waals surface area (Å²) in [6.45, 7) is 4.63. The van der Waals surface area contributed by atoms with Crippen LogP contribution in [0.15, 0.2) is 24.3 Å². The molecule has 3 unspecified atom stereocenters. The Hall–Kier alpha value is -3.47. The molecule has 3 aliphatic rings. The van der Waals surface area contributed by atoms with E-state index in [0.717, 1.165) is 0 Å². The highest BCUT2D eigenvalue weighted by Gasteiger charge is 2.49. The Morgan fingerprint density at radius 1 is 1.17 bits per heavy atom. The van der Waals surface area contributed by atoms with Crippen molar-refractivity contribution in [3.05, 3.63) is 57.6 Å². The summed E-state index contributed by atoms with van der Waals surface area (Å²) in [4.78, 5) is 39.6. The number of aliphatic hydroxyl groups is 3. The lowest BCUT2D eigenvalue weighted by Gasteiger charge is -2.43. The molecule has 0 radical (unpaired) electrons. The molecule has 0 saturated carbocycles. The van der Waals surface area contributed by atoms with E-state index in [1.165, 1.54) is 25.3 Å². The van der Waals surface area contributed by atoms with Crippen LogP contribution in [0.3, 0.4) is 0 Å². The summed E-state index contributed by atoms with van der Waals surface area (Å²) >= 11 is 0. The molecule has 256 valence electrons. The van der Waals surface area contributed by atoms with Crippen molar-refractivity contribution < 1.29 is 63.6 Å². The van der Waals surface area contributed by atoms with Crippen molar-refractivity contribution in [3.8, 4) is 11.5 Å². The first kappa shape index (κ1) is 34.9. The van der Waals surface area contributed by atoms with Crippen molar-refractivity contribution in [2.75, 3.05) is 13.7 Å². The van der Waals surface area contributed by atoms with Crippen molar-refractivity contribution in [3.63, 3.8) is 0 Å². The summed E-state index contributed by atoms with van der Waals surface area (Å²) < 4.78 is 29.4. The van der Waals surface area contributed by atoms with E-state index in [1.54, 1.807) is 26.8 Å². The predicted molar refractivity (Wildman–Crippen MR) is 162 cm³/mol. The van der Waals surface area contributed by atoms with Crippen LogP contribution in [0, 0.1) is 0 Å². The van der Waals surface area contributed by atoms with Gasteiger partial charge in [0.2, 0.25) is 5.78 Å². The third-order valence-corrected chi connectivity index (χ3v) is 8.86. The number of phenols is 1. The van der Waals surface area contributed by atoms with Gasteiger partial charge < -0.3 is 55.0 Å². The van der Waals surface area contributed by atoms with Gasteiger partial charge in [-0.25, -0.2) is 4.79 Å². The van der Waals surface area contributed by atoms with Gasteiger partial charge in [0.25, 0.3) is 0 Å². The SMILES string of the molecule is COc1cccc2c1C(=O)c1c(cc3c(c1O)[C@@H](O[C@H]1C[C@H](N)[C@H](OC(CC(C)O)OC(C)CO)[C@H](C)O1)C[C@](O)(C(=O)O)C3)C2=O. The van der Waals surface area contributed by atoms with Crippen molar-refractivity contribution in [2.24, 2.45) is 5.73 Å². The number of rotatable bonds is 11. The number of ether oxygens (including phenoxy) is 5. The zero-order chi connectivity index (χ0) is 34.4. The molecule has 5 rings (SSSR count). The Balaban J connectivity index is 1.45. The summed E-state index contributed by atoms with van der Waals surface area (Å²) in [5.41, 5.74) is 4.00. The molecule has 1 saturated heterocycles. The van der Waals surface area contributed by atoms with Crippen molar-refractivity contribution >= 4 is 17.5 Å². The quantitative estimate of drug-likeness (QED) is 0.160. The number of phenolic OH excluding ortho intramolecular Hbond substituents is 1. The minimum atomic E-state index is -2.33. The van der Waals surface area contributed by atoms with Crippen LogP contribution >= 0.6 is 0 Å². The van der Waals surface area contributed by atoms with E-state index < -0.39 is 90.9 Å². The molecule has 1 aliphatic heterocycles. The van der Waals surface area contributed by atoms with Gasteiger partial charge in [0, 0.05) is 48.4 Å². The van der Waals surface area contributed by atoms with Crippen LogP contribution in [0.1, 0.15) is 89.1 Å². The molecular formula is C33H41NO13. The maximum Gasteiger partial charge on any atom is 0.336 e. The lowest BCUT2D eigenvalue weighted by molar-refractivity contribution is -0.285. The molecule has 47 heavy (non-hydrogen) atoms. The minimum Gasteiger partial charge on any atom is -0.507 e. The summed E-state index contributed by atoms with van der Waals surface area (Å²) in [5, 5.41) is 52.1. The smallest absolute Gasteiger partial charge is 0.336 e. The topological polar surface area (TPSA) is 225 Å². The molecule has 1 heterocycles. The van der Waals surface area contributed by atoms with Gasteiger partial charge in [-0.05, 0) is 38.5 Å². The number of hydrogen-bond donors (Lipinski definition) is 6. The Kier molecular flexibility index (Phi) is 10.1. The zero-order valence-electron chi connectivity index (χ0n) is 26.5. The number of carbonyl (C=O) groups is 3. The maximum absolute atomic E-state index is 13.8. The summed E-state index contributed by atoms with van der Waals surface area (Å²) in [6.07, 6.45) is -6.83. The summed E-state index contributed by atoms with van der Waals surface area (Å²) in [6, 6.07) is 5.17. The van der Waals surface area contributed by atoms with Gasteiger partial charge in [-0.2, -0.15) is 0 Å². The Morgan fingerprint density at radius 2 is 1.89 bits per heavy atom. The highest BCUT2D eigenvalue weighted by Crippen LogP contribution is 2.48. The van der Waals surface area contributed by atoms with Crippen LogP contribution in [0.4, 0.5) is 0 Å². The van der Waals surface area contributed by atoms with Crippen LogP contribution < -0.4 is 10.5 Å². The Morgan fingerprint density at radius 3 is 2.51 bits per heavy atom. The first-order chi connectivity index (χ1) is 22.2. The van der Waals surface area contributed by atoms with E-state index in [2.05, 4.69) is 0 Å². The van der Waals surface area contributed by atoms with E-state index in [9.17, 15) is 39.9 Å². The normalized spacial score (nSPS) is 28.9. The first-order valence-electron chi connectivity index (χ1n) is 15.5. The molecule has 14 nitrogen and oxygen atoms in total. The lowest BCUT2D eigenvalue weighted by Crippen LogP contribution is -2.55.